The highest BCUT2D eigenvalue weighted by molar-refractivity contribution is 7.21. The lowest BCUT2D eigenvalue weighted by molar-refractivity contribution is 0.0625. The molecule has 0 radical (unpaired) electrons. The molecular weight excluding hydrogens is 284 g/mol. The van der Waals surface area contributed by atoms with Gasteiger partial charge >= 0.3 is 0 Å². The van der Waals surface area contributed by atoms with Gasteiger partial charge in [-0.25, -0.2) is 13.8 Å². The Balaban J connectivity index is 2.48. The number of carbonyl (C=O) groups excluding carboxylic acids is 1. The van der Waals surface area contributed by atoms with Crippen LogP contribution in [-0.2, 0) is 0 Å². The zero-order valence-electron chi connectivity index (χ0n) is 11.4. The number of nitrogens with two attached hydrogens (primary N) is 1. The number of carbonyl (C=O) groups is 1. The first-order chi connectivity index (χ1) is 9.31. The molecule has 20 heavy (non-hydrogen) atoms. The third-order valence-electron chi connectivity index (χ3n) is 2.98. The number of aromatic nitrogens is 1. The van der Waals surface area contributed by atoms with Gasteiger partial charge in [-0.15, -0.1) is 11.3 Å². The average Bonchev–Trinajstić information content (AvgIpc) is 2.64. The van der Waals surface area contributed by atoms with E-state index in [1.54, 1.807) is 0 Å². The normalized spacial score (nSPS) is 11.3. The molecule has 0 spiro atoms. The molecule has 0 aliphatic carbocycles. The lowest BCUT2D eigenvalue weighted by Gasteiger charge is -2.15. The van der Waals surface area contributed by atoms with Gasteiger partial charge in [0.2, 0.25) is 0 Å². The fourth-order valence-electron chi connectivity index (χ4n) is 2.09. The number of rotatable bonds is 3. The minimum Gasteiger partial charge on any atom is -0.397 e. The molecule has 2 aromatic heterocycles. The molecular formula is C13H15F2N3OS. The Morgan fingerprint density at radius 2 is 2.15 bits per heavy atom. The molecule has 2 rings (SSSR count). The Morgan fingerprint density at radius 1 is 1.50 bits per heavy atom. The summed E-state index contributed by atoms with van der Waals surface area (Å²) in [7, 11) is 1.34. The number of hydrogen-bond donors (Lipinski definition) is 1. The van der Waals surface area contributed by atoms with Gasteiger partial charge in [-0.1, -0.05) is 0 Å². The summed E-state index contributed by atoms with van der Waals surface area (Å²) >= 11 is 1.14. The lowest BCUT2D eigenvalue weighted by atomic mass is 10.1. The van der Waals surface area contributed by atoms with E-state index in [0.29, 0.717) is 10.5 Å². The highest BCUT2D eigenvalue weighted by atomic mass is 32.1. The van der Waals surface area contributed by atoms with Gasteiger partial charge < -0.3 is 10.6 Å². The summed E-state index contributed by atoms with van der Waals surface area (Å²) in [4.78, 5) is 18.4. The van der Waals surface area contributed by atoms with Gasteiger partial charge in [0.05, 0.1) is 12.2 Å². The smallest absolute Gasteiger partial charge is 0.266 e. The van der Waals surface area contributed by atoms with Crippen LogP contribution in [0.15, 0.2) is 6.07 Å². The number of nitrogens with zero attached hydrogens (tertiary/aromatic N) is 2. The predicted octanol–water partition coefficient (Wildman–Crippen LogP) is 2.83. The van der Waals surface area contributed by atoms with Crippen LogP contribution in [0, 0.1) is 13.8 Å². The zero-order chi connectivity index (χ0) is 15.0. The van der Waals surface area contributed by atoms with Crippen LogP contribution in [0.3, 0.4) is 0 Å². The third-order valence-corrected chi connectivity index (χ3v) is 4.06. The van der Waals surface area contributed by atoms with Crippen LogP contribution in [-0.4, -0.2) is 35.8 Å². The molecule has 4 nitrogen and oxygen atoms in total. The van der Waals surface area contributed by atoms with Crippen LogP contribution < -0.4 is 5.73 Å². The molecule has 0 saturated carbocycles. The molecule has 0 aromatic carbocycles. The van der Waals surface area contributed by atoms with Gasteiger partial charge in [0, 0.05) is 18.1 Å². The first-order valence-electron chi connectivity index (χ1n) is 6.01. The number of thiophene rings is 1. The number of hydrogen-bond acceptors (Lipinski definition) is 4. The van der Waals surface area contributed by atoms with Crippen molar-refractivity contribution in [2.45, 2.75) is 20.3 Å². The van der Waals surface area contributed by atoms with E-state index in [1.807, 2.05) is 19.9 Å². The molecule has 0 bridgehead atoms. The SMILES string of the molecule is Cc1cc(C)c2c(N)c(C(=O)N(C)CC(F)F)sc2n1. The number of fused-ring (bicyclic) bond motifs is 1. The standard InChI is InChI=1S/C13H15F2N3OS/c1-6-4-7(2)17-12-9(6)10(16)11(20-12)13(19)18(3)5-8(14)15/h4,8H,5,16H2,1-3H3. The summed E-state index contributed by atoms with van der Waals surface area (Å²) in [6.07, 6.45) is -2.57. The molecule has 7 heteroatoms. The Labute approximate surface area is 119 Å². The molecule has 2 aromatic rings. The summed E-state index contributed by atoms with van der Waals surface area (Å²) < 4.78 is 24.7. The van der Waals surface area contributed by atoms with Crippen LogP contribution in [0.5, 0.6) is 0 Å². The van der Waals surface area contributed by atoms with E-state index >= 15 is 0 Å². The van der Waals surface area contributed by atoms with E-state index in [4.69, 9.17) is 5.73 Å². The van der Waals surface area contributed by atoms with Crippen molar-refractivity contribution >= 4 is 33.1 Å². The Kier molecular flexibility index (Phi) is 3.89. The van der Waals surface area contributed by atoms with Crippen molar-refractivity contribution in [2.24, 2.45) is 0 Å². The maximum absolute atomic E-state index is 12.3. The first-order valence-corrected chi connectivity index (χ1v) is 6.82. The number of amides is 1. The molecule has 2 N–H and O–H groups in total. The third kappa shape index (κ3) is 2.58. The molecule has 2 heterocycles. The van der Waals surface area contributed by atoms with E-state index in [1.165, 1.54) is 7.05 Å². The van der Waals surface area contributed by atoms with Gasteiger partial charge in [0.1, 0.15) is 9.71 Å². The van der Waals surface area contributed by atoms with Crippen molar-refractivity contribution in [2.75, 3.05) is 19.3 Å². The largest absolute Gasteiger partial charge is 0.397 e. The van der Waals surface area contributed by atoms with Crippen LogP contribution in [0.4, 0.5) is 14.5 Å². The molecule has 0 unspecified atom stereocenters. The van der Waals surface area contributed by atoms with E-state index < -0.39 is 18.9 Å². The summed E-state index contributed by atoms with van der Waals surface area (Å²) in [5.41, 5.74) is 8.07. The van der Waals surface area contributed by atoms with Gasteiger partial charge in [0.25, 0.3) is 12.3 Å². The number of aryl methyl sites for hydroxylation is 2. The molecule has 0 fully saturated rings. The highest BCUT2D eigenvalue weighted by Gasteiger charge is 2.23. The number of halogens is 2. The van der Waals surface area contributed by atoms with Crippen molar-refractivity contribution < 1.29 is 13.6 Å². The second-order valence-corrected chi connectivity index (χ2v) is 5.68. The van der Waals surface area contributed by atoms with Crippen LogP contribution >= 0.6 is 11.3 Å². The fraction of sp³-hybridized carbons (Fsp3) is 0.385. The molecule has 0 atom stereocenters. The minimum absolute atomic E-state index is 0.268. The maximum Gasteiger partial charge on any atom is 0.266 e. The van der Waals surface area contributed by atoms with Gasteiger partial charge in [0.15, 0.2) is 0 Å². The zero-order valence-corrected chi connectivity index (χ0v) is 12.2. The van der Waals surface area contributed by atoms with E-state index in [0.717, 1.165) is 32.9 Å². The fourth-order valence-corrected chi connectivity index (χ4v) is 3.30. The molecule has 0 aliphatic rings. The number of alkyl halides is 2. The molecule has 1 amide bonds. The van der Waals surface area contributed by atoms with Crippen molar-refractivity contribution in [1.82, 2.24) is 9.88 Å². The van der Waals surface area contributed by atoms with Gasteiger partial charge in [-0.05, 0) is 25.5 Å². The van der Waals surface area contributed by atoms with E-state index in [-0.39, 0.29) is 4.88 Å². The Morgan fingerprint density at radius 3 is 2.75 bits per heavy atom. The topological polar surface area (TPSA) is 59.2 Å². The summed E-state index contributed by atoms with van der Waals surface area (Å²) in [6, 6.07) is 1.88. The summed E-state index contributed by atoms with van der Waals surface area (Å²) in [5.74, 6) is -0.497. The van der Waals surface area contributed by atoms with Crippen molar-refractivity contribution in [3.8, 4) is 0 Å². The van der Waals surface area contributed by atoms with E-state index in [2.05, 4.69) is 4.98 Å². The number of pyridine rings is 1. The first kappa shape index (κ1) is 14.6. The van der Waals surface area contributed by atoms with Crippen LogP contribution in [0.1, 0.15) is 20.9 Å². The quantitative estimate of drug-likeness (QED) is 0.948. The monoisotopic (exact) mass is 299 g/mol. The molecule has 0 saturated heterocycles. The van der Waals surface area contributed by atoms with Gasteiger partial charge in [-0.3, -0.25) is 4.79 Å². The summed E-state index contributed by atoms with van der Waals surface area (Å²) in [6.45, 7) is 3.13. The van der Waals surface area contributed by atoms with Crippen LogP contribution in [0.25, 0.3) is 10.2 Å². The number of anilines is 1. The number of nitrogen functional groups attached to an aromatic ring is 1. The average molecular weight is 299 g/mol. The highest BCUT2D eigenvalue weighted by Crippen LogP contribution is 2.35. The van der Waals surface area contributed by atoms with E-state index in [9.17, 15) is 13.6 Å². The van der Waals surface area contributed by atoms with Crippen molar-refractivity contribution in [3.05, 3.63) is 22.2 Å². The maximum atomic E-state index is 12.3. The Hall–Kier alpha value is -1.76. The molecule has 108 valence electrons. The minimum atomic E-state index is -2.57. The van der Waals surface area contributed by atoms with Crippen molar-refractivity contribution in [3.63, 3.8) is 0 Å². The Bertz CT molecular complexity index is 669. The van der Waals surface area contributed by atoms with Gasteiger partial charge in [-0.2, -0.15) is 0 Å². The lowest BCUT2D eigenvalue weighted by Crippen LogP contribution is -2.31. The van der Waals surface area contributed by atoms with Crippen LogP contribution in [0.2, 0.25) is 0 Å². The summed E-state index contributed by atoms with van der Waals surface area (Å²) in [5, 5.41) is 0.731. The second kappa shape index (κ2) is 5.32. The predicted molar refractivity (Wildman–Crippen MR) is 76.5 cm³/mol. The second-order valence-electron chi connectivity index (χ2n) is 4.68. The van der Waals surface area contributed by atoms with Crippen molar-refractivity contribution in [1.29, 1.82) is 0 Å². The molecule has 0 aliphatic heterocycles.